The molecule has 0 radical (unpaired) electrons. The Labute approximate surface area is 159 Å². The summed E-state index contributed by atoms with van der Waals surface area (Å²) in [6, 6.07) is 10.0. The van der Waals surface area contributed by atoms with Gasteiger partial charge in [-0.15, -0.1) is 0 Å². The molecule has 25 heavy (non-hydrogen) atoms. The van der Waals surface area contributed by atoms with Gasteiger partial charge in [-0.25, -0.2) is 0 Å². The molecule has 1 aliphatic heterocycles. The van der Waals surface area contributed by atoms with Crippen molar-refractivity contribution in [1.29, 1.82) is 0 Å². The van der Waals surface area contributed by atoms with Crippen molar-refractivity contribution in [3.63, 3.8) is 0 Å². The first-order valence-electron chi connectivity index (χ1n) is 7.34. The Morgan fingerprint density at radius 3 is 2.28 bits per heavy atom. The van der Waals surface area contributed by atoms with Gasteiger partial charge in [0, 0.05) is 28.4 Å². The van der Waals surface area contributed by atoms with Crippen molar-refractivity contribution in [2.45, 2.75) is 6.42 Å². The first-order valence-corrected chi connectivity index (χ1v) is 8.47. The summed E-state index contributed by atoms with van der Waals surface area (Å²) in [5, 5.41) is 0.617. The number of nitrogens with zero attached hydrogens (tertiary/aromatic N) is 1. The van der Waals surface area contributed by atoms with Gasteiger partial charge in [0.1, 0.15) is 0 Å². The standard InChI is InChI=1S/C18H12Cl3NO3/c1-10-12-4-2-3-5-13(12)18(24)22(10)7-6-16(23)25-17-14(20)8-11(19)9-15(17)21/h2-5,8-9H,1,6-7H2. The van der Waals surface area contributed by atoms with Crippen LogP contribution < -0.4 is 4.74 Å². The molecular weight excluding hydrogens is 385 g/mol. The molecule has 1 heterocycles. The molecule has 1 aliphatic rings. The van der Waals surface area contributed by atoms with Crippen LogP contribution in [0.4, 0.5) is 0 Å². The topological polar surface area (TPSA) is 46.6 Å². The van der Waals surface area contributed by atoms with E-state index in [0.717, 1.165) is 5.56 Å². The van der Waals surface area contributed by atoms with E-state index in [1.807, 2.05) is 12.1 Å². The van der Waals surface area contributed by atoms with Gasteiger partial charge in [-0.1, -0.05) is 59.6 Å². The van der Waals surface area contributed by atoms with Crippen LogP contribution in [0.1, 0.15) is 22.3 Å². The molecule has 0 N–H and O–H groups in total. The maximum atomic E-state index is 12.4. The van der Waals surface area contributed by atoms with E-state index < -0.39 is 5.97 Å². The predicted molar refractivity (Wildman–Crippen MR) is 98.2 cm³/mol. The van der Waals surface area contributed by atoms with E-state index in [4.69, 9.17) is 39.5 Å². The summed E-state index contributed by atoms with van der Waals surface area (Å²) in [6.07, 6.45) is -0.0337. The number of carbonyl (C=O) groups excluding carboxylic acids is 2. The summed E-state index contributed by atoms with van der Waals surface area (Å²) in [4.78, 5) is 25.9. The van der Waals surface area contributed by atoms with Gasteiger partial charge in [-0.05, 0) is 18.2 Å². The van der Waals surface area contributed by atoms with Crippen LogP contribution in [0, 0.1) is 0 Å². The number of benzene rings is 2. The number of hydrogen-bond acceptors (Lipinski definition) is 3. The molecule has 0 aromatic heterocycles. The van der Waals surface area contributed by atoms with Gasteiger partial charge in [-0.2, -0.15) is 0 Å². The highest BCUT2D eigenvalue weighted by atomic mass is 35.5. The van der Waals surface area contributed by atoms with E-state index in [1.54, 1.807) is 12.1 Å². The predicted octanol–water partition coefficient (Wildman–Crippen LogP) is 5.07. The number of ether oxygens (including phenoxy) is 1. The van der Waals surface area contributed by atoms with E-state index in [0.29, 0.717) is 16.3 Å². The lowest BCUT2D eigenvalue weighted by atomic mass is 10.1. The third-order valence-corrected chi connectivity index (χ3v) is 4.54. The Hall–Kier alpha value is -2.01. The van der Waals surface area contributed by atoms with Crippen LogP contribution in [0.3, 0.4) is 0 Å². The molecule has 0 atom stereocenters. The summed E-state index contributed by atoms with van der Waals surface area (Å²) in [6.45, 7) is 4.07. The van der Waals surface area contributed by atoms with Crippen LogP contribution in [0.25, 0.3) is 5.70 Å². The van der Waals surface area contributed by atoms with Crippen LogP contribution in [0.5, 0.6) is 5.75 Å². The molecular formula is C18H12Cl3NO3. The average molecular weight is 397 g/mol. The fraction of sp³-hybridized carbons (Fsp3) is 0.111. The molecule has 128 valence electrons. The Kier molecular flexibility index (Phi) is 5.04. The Morgan fingerprint density at radius 1 is 1.08 bits per heavy atom. The van der Waals surface area contributed by atoms with Crippen LogP contribution >= 0.6 is 34.8 Å². The van der Waals surface area contributed by atoms with Crippen molar-refractivity contribution >= 4 is 52.4 Å². The minimum Gasteiger partial charge on any atom is -0.423 e. The molecule has 2 aromatic rings. The lowest BCUT2D eigenvalue weighted by Gasteiger charge is -2.17. The van der Waals surface area contributed by atoms with Gasteiger partial charge < -0.3 is 9.64 Å². The van der Waals surface area contributed by atoms with Gasteiger partial charge in [0.25, 0.3) is 5.91 Å². The van der Waals surface area contributed by atoms with E-state index >= 15 is 0 Å². The van der Waals surface area contributed by atoms with Crippen molar-refractivity contribution in [2.75, 3.05) is 6.54 Å². The minimum atomic E-state index is -0.567. The number of fused-ring (bicyclic) bond motifs is 1. The van der Waals surface area contributed by atoms with E-state index in [9.17, 15) is 9.59 Å². The number of amides is 1. The smallest absolute Gasteiger partial charge is 0.313 e. The van der Waals surface area contributed by atoms with Gasteiger partial charge in [0.05, 0.1) is 16.5 Å². The number of carbonyl (C=O) groups is 2. The molecule has 0 fully saturated rings. The number of halogens is 3. The second-order valence-corrected chi connectivity index (χ2v) is 6.62. The summed E-state index contributed by atoms with van der Waals surface area (Å²) < 4.78 is 5.21. The summed E-state index contributed by atoms with van der Waals surface area (Å²) in [5.74, 6) is -0.703. The average Bonchev–Trinajstić information content (AvgIpc) is 2.81. The number of hydrogen-bond donors (Lipinski definition) is 0. The Bertz CT molecular complexity index is 837. The number of rotatable bonds is 4. The highest BCUT2D eigenvalue weighted by Crippen LogP contribution is 2.36. The molecule has 4 nitrogen and oxygen atoms in total. The lowest BCUT2D eigenvalue weighted by Crippen LogP contribution is -2.26. The first-order chi connectivity index (χ1) is 11.9. The molecule has 0 spiro atoms. The molecule has 0 saturated heterocycles. The van der Waals surface area contributed by atoms with Gasteiger partial charge in [0.15, 0.2) is 5.75 Å². The van der Waals surface area contributed by atoms with Crippen molar-refractivity contribution in [1.82, 2.24) is 4.90 Å². The van der Waals surface area contributed by atoms with E-state index in [1.165, 1.54) is 17.0 Å². The molecule has 0 bridgehead atoms. The SMILES string of the molecule is C=C1c2ccccc2C(=O)N1CCC(=O)Oc1c(Cl)cc(Cl)cc1Cl. The Balaban J connectivity index is 1.66. The van der Waals surface area contributed by atoms with Crippen molar-refractivity contribution < 1.29 is 14.3 Å². The molecule has 1 amide bonds. The fourth-order valence-corrected chi connectivity index (χ4v) is 3.46. The number of esters is 1. The zero-order chi connectivity index (χ0) is 18.1. The third-order valence-electron chi connectivity index (χ3n) is 3.76. The molecule has 7 heteroatoms. The summed E-state index contributed by atoms with van der Waals surface area (Å²) in [5.41, 5.74) is 1.91. The van der Waals surface area contributed by atoms with E-state index in [2.05, 4.69) is 6.58 Å². The maximum absolute atomic E-state index is 12.4. The van der Waals surface area contributed by atoms with Gasteiger partial charge in [0.2, 0.25) is 0 Å². The van der Waals surface area contributed by atoms with Crippen molar-refractivity contribution in [3.8, 4) is 5.75 Å². The van der Waals surface area contributed by atoms with Crippen LogP contribution in [0.2, 0.25) is 15.1 Å². The molecule has 0 unspecified atom stereocenters. The molecule has 0 aliphatic carbocycles. The monoisotopic (exact) mass is 395 g/mol. The lowest BCUT2D eigenvalue weighted by molar-refractivity contribution is -0.134. The fourth-order valence-electron chi connectivity index (χ4n) is 2.57. The minimum absolute atomic E-state index is 0.0337. The molecule has 3 rings (SSSR count). The normalized spacial score (nSPS) is 13.2. The second kappa shape index (κ2) is 7.08. The largest absolute Gasteiger partial charge is 0.423 e. The quantitative estimate of drug-likeness (QED) is 0.535. The first kappa shape index (κ1) is 17.8. The summed E-state index contributed by atoms with van der Waals surface area (Å²) in [7, 11) is 0. The van der Waals surface area contributed by atoms with E-state index in [-0.39, 0.29) is 34.7 Å². The zero-order valence-corrected chi connectivity index (χ0v) is 15.2. The van der Waals surface area contributed by atoms with Crippen LogP contribution in [0.15, 0.2) is 43.0 Å². The van der Waals surface area contributed by atoms with Gasteiger partial charge >= 0.3 is 5.97 Å². The van der Waals surface area contributed by atoms with Crippen molar-refractivity contribution in [3.05, 3.63) is 69.2 Å². The van der Waals surface area contributed by atoms with Crippen molar-refractivity contribution in [2.24, 2.45) is 0 Å². The van der Waals surface area contributed by atoms with Crippen LogP contribution in [-0.2, 0) is 4.79 Å². The highest BCUT2D eigenvalue weighted by Gasteiger charge is 2.30. The molecule has 0 saturated carbocycles. The Morgan fingerprint density at radius 2 is 1.68 bits per heavy atom. The molecule has 2 aromatic carbocycles. The summed E-state index contributed by atoms with van der Waals surface area (Å²) >= 11 is 17.8. The van der Waals surface area contributed by atoms with Gasteiger partial charge in [-0.3, -0.25) is 9.59 Å². The second-order valence-electron chi connectivity index (χ2n) is 5.37. The van der Waals surface area contributed by atoms with Crippen LogP contribution in [-0.4, -0.2) is 23.3 Å². The third kappa shape index (κ3) is 3.52. The highest BCUT2D eigenvalue weighted by molar-refractivity contribution is 6.40. The maximum Gasteiger partial charge on any atom is 0.313 e. The zero-order valence-electron chi connectivity index (χ0n) is 12.9.